The van der Waals surface area contributed by atoms with Crippen molar-refractivity contribution in [3.8, 4) is 11.1 Å². The first-order valence-electron chi connectivity index (χ1n) is 10.3. The zero-order valence-corrected chi connectivity index (χ0v) is 16.1. The molecule has 1 aliphatic heterocycles. The van der Waals surface area contributed by atoms with Crippen LogP contribution in [0.3, 0.4) is 0 Å². The molecule has 5 rings (SSSR count). The lowest BCUT2D eigenvalue weighted by atomic mass is 9.92. The van der Waals surface area contributed by atoms with Gasteiger partial charge in [-0.25, -0.2) is 4.39 Å². The number of benzene rings is 2. The van der Waals surface area contributed by atoms with Crippen LogP contribution in [0.5, 0.6) is 0 Å². The number of rotatable bonds is 4. The molecule has 146 valence electrons. The van der Waals surface area contributed by atoms with Crippen molar-refractivity contribution in [3.05, 3.63) is 71.7 Å². The van der Waals surface area contributed by atoms with Crippen molar-refractivity contribution in [1.29, 1.82) is 0 Å². The van der Waals surface area contributed by atoms with Gasteiger partial charge >= 0.3 is 5.97 Å². The Labute approximate surface area is 169 Å². The fourth-order valence-corrected chi connectivity index (χ4v) is 4.08. The molecule has 2 aromatic carbocycles. The Morgan fingerprint density at radius 3 is 2.59 bits per heavy atom. The summed E-state index contributed by atoms with van der Waals surface area (Å²) < 4.78 is 19.1. The van der Waals surface area contributed by atoms with Gasteiger partial charge in [0.25, 0.3) is 0 Å². The summed E-state index contributed by atoms with van der Waals surface area (Å²) in [5, 5.41) is 1.05. The summed E-state index contributed by atoms with van der Waals surface area (Å²) in [5.74, 6) is 0.0665. The highest BCUT2D eigenvalue weighted by Gasteiger charge is 2.29. The van der Waals surface area contributed by atoms with E-state index < -0.39 is 0 Å². The predicted molar refractivity (Wildman–Crippen MR) is 112 cm³/mol. The summed E-state index contributed by atoms with van der Waals surface area (Å²) in [6.45, 7) is 0. The van der Waals surface area contributed by atoms with Crippen LogP contribution in [0.15, 0.2) is 54.6 Å². The summed E-state index contributed by atoms with van der Waals surface area (Å²) in [7, 11) is 0. The van der Waals surface area contributed by atoms with Gasteiger partial charge in [-0.1, -0.05) is 36.4 Å². The molecule has 0 amide bonds. The number of cyclic esters (lactones) is 1. The smallest absolute Gasteiger partial charge is 0.306 e. The van der Waals surface area contributed by atoms with E-state index in [0.29, 0.717) is 12.3 Å². The van der Waals surface area contributed by atoms with Crippen LogP contribution in [0.25, 0.3) is 28.1 Å². The molecule has 0 unspecified atom stereocenters. The Hall–Kier alpha value is -3.01. The third kappa shape index (κ3) is 3.67. The lowest BCUT2D eigenvalue weighted by Gasteiger charge is -2.20. The molecule has 1 saturated heterocycles. The predicted octanol–water partition coefficient (Wildman–Crippen LogP) is 6.03. The van der Waals surface area contributed by atoms with Gasteiger partial charge in [0, 0.05) is 28.9 Å². The average molecular weight is 387 g/mol. The minimum absolute atomic E-state index is 0.135. The quantitative estimate of drug-likeness (QED) is 0.513. The van der Waals surface area contributed by atoms with E-state index in [1.165, 1.54) is 12.1 Å². The zero-order valence-electron chi connectivity index (χ0n) is 16.1. The Bertz CT molecular complexity index is 1100. The van der Waals surface area contributed by atoms with Crippen molar-refractivity contribution in [1.82, 2.24) is 4.98 Å². The highest BCUT2D eigenvalue weighted by molar-refractivity contribution is 5.99. The van der Waals surface area contributed by atoms with Crippen LogP contribution in [0.2, 0.25) is 0 Å². The van der Waals surface area contributed by atoms with Gasteiger partial charge in [0.1, 0.15) is 11.9 Å². The number of para-hydroxylation sites is 1. The SMILES string of the molecule is O=C1CCC[C@@H](/C=C/c2c(C3CC3)nc3ccccc3c2-c2ccc(F)cc2)O1. The van der Waals surface area contributed by atoms with E-state index in [9.17, 15) is 9.18 Å². The lowest BCUT2D eigenvalue weighted by molar-refractivity contribution is -0.150. The van der Waals surface area contributed by atoms with Crippen molar-refractivity contribution in [3.63, 3.8) is 0 Å². The number of fused-ring (bicyclic) bond motifs is 1. The van der Waals surface area contributed by atoms with E-state index in [1.54, 1.807) is 0 Å². The Morgan fingerprint density at radius 1 is 1.03 bits per heavy atom. The first kappa shape index (κ1) is 18.0. The van der Waals surface area contributed by atoms with Gasteiger partial charge in [0.15, 0.2) is 0 Å². The van der Waals surface area contributed by atoms with E-state index in [-0.39, 0.29) is 17.9 Å². The molecule has 3 nitrogen and oxygen atoms in total. The molecule has 0 radical (unpaired) electrons. The van der Waals surface area contributed by atoms with E-state index in [0.717, 1.165) is 59.0 Å². The van der Waals surface area contributed by atoms with Crippen molar-refractivity contribution in [2.45, 2.75) is 44.1 Å². The molecule has 0 spiro atoms. The first-order valence-corrected chi connectivity index (χ1v) is 10.3. The van der Waals surface area contributed by atoms with Gasteiger partial charge in [-0.15, -0.1) is 0 Å². The molecule has 2 aliphatic rings. The number of ether oxygens (including phenoxy) is 1. The standard InChI is InChI=1S/C25H22FNO2/c26-18-12-10-16(11-13-18)24-20-5-1-2-6-22(20)27-25(17-8-9-17)21(24)15-14-19-4-3-7-23(28)29-19/h1-2,5-6,10-15,17,19H,3-4,7-9H2/b15-14+/t19-/m0/s1. The van der Waals surface area contributed by atoms with E-state index in [4.69, 9.17) is 9.72 Å². The second-order valence-corrected chi connectivity index (χ2v) is 7.86. The number of esters is 1. The highest BCUT2D eigenvalue weighted by Crippen LogP contribution is 2.45. The van der Waals surface area contributed by atoms with E-state index >= 15 is 0 Å². The van der Waals surface area contributed by atoms with Gasteiger partial charge < -0.3 is 4.74 Å². The van der Waals surface area contributed by atoms with Gasteiger partial charge in [-0.2, -0.15) is 0 Å². The fourth-order valence-electron chi connectivity index (χ4n) is 4.08. The maximum absolute atomic E-state index is 13.6. The summed E-state index contributed by atoms with van der Waals surface area (Å²) >= 11 is 0. The number of carbonyl (C=O) groups is 1. The summed E-state index contributed by atoms with van der Waals surface area (Å²) in [6, 6.07) is 14.7. The zero-order chi connectivity index (χ0) is 19.8. The highest BCUT2D eigenvalue weighted by atomic mass is 19.1. The van der Waals surface area contributed by atoms with Crippen molar-refractivity contribution in [2.75, 3.05) is 0 Å². The van der Waals surface area contributed by atoms with Crippen LogP contribution in [0.1, 0.15) is 49.3 Å². The van der Waals surface area contributed by atoms with Crippen LogP contribution in [-0.2, 0) is 9.53 Å². The number of hydrogen-bond donors (Lipinski definition) is 0. The molecular weight excluding hydrogens is 365 g/mol. The van der Waals surface area contributed by atoms with E-state index in [2.05, 4.69) is 12.1 Å². The number of hydrogen-bond acceptors (Lipinski definition) is 3. The third-order valence-electron chi connectivity index (χ3n) is 5.69. The summed E-state index contributed by atoms with van der Waals surface area (Å²) in [4.78, 5) is 16.6. The van der Waals surface area contributed by atoms with Gasteiger partial charge in [-0.05, 0) is 55.5 Å². The molecule has 2 fully saturated rings. The van der Waals surface area contributed by atoms with Crippen LogP contribution >= 0.6 is 0 Å². The van der Waals surface area contributed by atoms with Crippen molar-refractivity contribution in [2.24, 2.45) is 0 Å². The van der Waals surface area contributed by atoms with Crippen LogP contribution in [-0.4, -0.2) is 17.1 Å². The Balaban J connectivity index is 1.69. The number of carbonyl (C=O) groups excluding carboxylic acids is 1. The van der Waals surface area contributed by atoms with E-state index in [1.807, 2.05) is 36.4 Å². The van der Waals surface area contributed by atoms with Crippen LogP contribution in [0, 0.1) is 5.82 Å². The summed E-state index contributed by atoms with van der Waals surface area (Å²) in [5.41, 5.74) is 5.12. The molecular formula is C25H22FNO2. The van der Waals surface area contributed by atoms with Crippen molar-refractivity contribution >= 4 is 22.9 Å². The second kappa shape index (κ2) is 7.43. The van der Waals surface area contributed by atoms with Crippen molar-refractivity contribution < 1.29 is 13.9 Å². The summed E-state index contributed by atoms with van der Waals surface area (Å²) in [6.07, 6.45) is 8.31. The molecule has 0 bridgehead atoms. The maximum atomic E-state index is 13.6. The second-order valence-electron chi connectivity index (χ2n) is 7.86. The monoisotopic (exact) mass is 387 g/mol. The minimum Gasteiger partial charge on any atom is -0.458 e. The molecule has 1 saturated carbocycles. The molecule has 3 aromatic rings. The molecule has 1 aromatic heterocycles. The number of nitrogens with zero attached hydrogens (tertiary/aromatic N) is 1. The number of aromatic nitrogens is 1. The van der Waals surface area contributed by atoms with Crippen LogP contribution < -0.4 is 0 Å². The van der Waals surface area contributed by atoms with Crippen LogP contribution in [0.4, 0.5) is 4.39 Å². The fraction of sp³-hybridized carbons (Fsp3) is 0.280. The topological polar surface area (TPSA) is 39.2 Å². The maximum Gasteiger partial charge on any atom is 0.306 e. The average Bonchev–Trinajstić information content (AvgIpc) is 3.57. The molecule has 4 heteroatoms. The molecule has 2 heterocycles. The molecule has 1 atom stereocenters. The molecule has 0 N–H and O–H groups in total. The molecule has 29 heavy (non-hydrogen) atoms. The van der Waals surface area contributed by atoms with Gasteiger partial charge in [0.2, 0.25) is 0 Å². The molecule has 1 aliphatic carbocycles. The minimum atomic E-state index is -0.249. The normalized spacial score (nSPS) is 19.6. The lowest BCUT2D eigenvalue weighted by Crippen LogP contribution is -2.21. The number of pyridine rings is 1. The first-order chi connectivity index (χ1) is 14.2. The largest absolute Gasteiger partial charge is 0.458 e. The Kier molecular flexibility index (Phi) is 4.62. The Morgan fingerprint density at radius 2 is 1.83 bits per heavy atom. The third-order valence-corrected chi connectivity index (χ3v) is 5.69. The number of halogens is 1. The van der Waals surface area contributed by atoms with Gasteiger partial charge in [0.05, 0.1) is 11.2 Å². The van der Waals surface area contributed by atoms with Gasteiger partial charge in [-0.3, -0.25) is 9.78 Å².